The molecule has 1 fully saturated rings. The summed E-state index contributed by atoms with van der Waals surface area (Å²) in [6, 6.07) is 4.00. The lowest BCUT2D eigenvalue weighted by Gasteiger charge is -2.20. The van der Waals surface area contributed by atoms with E-state index < -0.39 is 11.6 Å². The number of benzene rings is 1. The van der Waals surface area contributed by atoms with Crippen molar-refractivity contribution >= 4 is 12.4 Å². The highest BCUT2D eigenvalue weighted by Gasteiger charge is 2.26. The smallest absolute Gasteiger partial charge is 0.166 e. The van der Waals surface area contributed by atoms with Gasteiger partial charge >= 0.3 is 0 Å². The number of nitrogens with two attached hydrogens (primary N) is 1. The second kappa shape index (κ2) is 6.03. The molecule has 18 heavy (non-hydrogen) atoms. The van der Waals surface area contributed by atoms with Crippen molar-refractivity contribution in [2.45, 2.75) is 31.7 Å². The van der Waals surface area contributed by atoms with E-state index in [2.05, 4.69) is 0 Å². The Labute approximate surface area is 112 Å². The summed E-state index contributed by atoms with van der Waals surface area (Å²) < 4.78 is 13.4. The minimum absolute atomic E-state index is 0. The molecule has 1 aliphatic rings. The molecular formula is C13H16ClFN2O. The van der Waals surface area contributed by atoms with Gasteiger partial charge in [0.25, 0.3) is 0 Å². The zero-order valence-electron chi connectivity index (χ0n) is 9.90. The zero-order valence-corrected chi connectivity index (χ0v) is 10.7. The summed E-state index contributed by atoms with van der Waals surface area (Å²) in [5.41, 5.74) is 6.61. The second-order valence-corrected chi connectivity index (χ2v) is 4.58. The predicted octanol–water partition coefficient (Wildman–Crippen LogP) is 3.01. The summed E-state index contributed by atoms with van der Waals surface area (Å²) in [5.74, 6) is -0.912. The highest BCUT2D eigenvalue weighted by Crippen LogP contribution is 2.38. The topological polar surface area (TPSA) is 70.0 Å². The average molecular weight is 271 g/mol. The Bertz CT molecular complexity index is 467. The van der Waals surface area contributed by atoms with Crippen molar-refractivity contribution in [1.29, 1.82) is 5.26 Å². The number of nitriles is 1. The van der Waals surface area contributed by atoms with Crippen LogP contribution < -0.4 is 5.73 Å². The predicted molar refractivity (Wildman–Crippen MR) is 68.9 cm³/mol. The molecule has 1 atom stereocenters. The molecule has 1 aromatic rings. The molecule has 2 rings (SSSR count). The van der Waals surface area contributed by atoms with Gasteiger partial charge < -0.3 is 10.8 Å². The van der Waals surface area contributed by atoms with Crippen molar-refractivity contribution < 1.29 is 9.50 Å². The molecule has 0 unspecified atom stereocenters. The van der Waals surface area contributed by atoms with Gasteiger partial charge in [0.15, 0.2) is 11.6 Å². The van der Waals surface area contributed by atoms with Crippen molar-refractivity contribution in [3.63, 3.8) is 0 Å². The molecule has 0 bridgehead atoms. The fourth-order valence-corrected chi connectivity index (χ4v) is 2.51. The van der Waals surface area contributed by atoms with Crippen LogP contribution in [-0.4, -0.2) is 5.11 Å². The molecule has 0 heterocycles. The number of phenols is 1. The van der Waals surface area contributed by atoms with Gasteiger partial charge in [-0.3, -0.25) is 0 Å². The standard InChI is InChI=1S/C13H15FN2O.ClH/c14-11-6-8(7-15)5-10(13(11)17)12(16)9-3-1-2-4-9;/h5-6,9,12,17H,1-4,16H2;1H/t12-;/m0./s1. The highest BCUT2D eigenvalue weighted by molar-refractivity contribution is 5.85. The number of nitrogens with zero attached hydrogens (tertiary/aromatic N) is 1. The van der Waals surface area contributed by atoms with Gasteiger partial charge in [0.1, 0.15) is 0 Å². The van der Waals surface area contributed by atoms with Crippen LogP contribution in [0.15, 0.2) is 12.1 Å². The van der Waals surface area contributed by atoms with Crippen LogP contribution in [0.1, 0.15) is 42.9 Å². The first-order valence-electron chi connectivity index (χ1n) is 5.81. The molecule has 0 radical (unpaired) electrons. The van der Waals surface area contributed by atoms with Crippen LogP contribution in [0.3, 0.4) is 0 Å². The first-order valence-corrected chi connectivity index (χ1v) is 5.81. The van der Waals surface area contributed by atoms with E-state index in [9.17, 15) is 9.50 Å². The maximum atomic E-state index is 13.4. The first kappa shape index (κ1) is 14.7. The Morgan fingerprint density at radius 1 is 1.39 bits per heavy atom. The molecule has 3 nitrogen and oxygen atoms in total. The largest absolute Gasteiger partial charge is 0.505 e. The van der Waals surface area contributed by atoms with Crippen LogP contribution in [0.4, 0.5) is 4.39 Å². The third-order valence-corrected chi connectivity index (χ3v) is 3.49. The zero-order chi connectivity index (χ0) is 12.4. The second-order valence-electron chi connectivity index (χ2n) is 4.58. The molecule has 0 aromatic heterocycles. The molecular weight excluding hydrogens is 255 g/mol. The Kier molecular flexibility index (Phi) is 4.94. The third-order valence-electron chi connectivity index (χ3n) is 3.49. The number of hydrogen-bond donors (Lipinski definition) is 2. The molecule has 0 spiro atoms. The van der Waals surface area contributed by atoms with E-state index in [4.69, 9.17) is 11.0 Å². The van der Waals surface area contributed by atoms with Crippen molar-refractivity contribution in [1.82, 2.24) is 0 Å². The summed E-state index contributed by atoms with van der Waals surface area (Å²) in [7, 11) is 0. The molecule has 0 amide bonds. The third kappa shape index (κ3) is 2.74. The summed E-state index contributed by atoms with van der Waals surface area (Å²) in [6.45, 7) is 0. The molecule has 0 saturated heterocycles. The van der Waals surface area contributed by atoms with E-state index in [1.807, 2.05) is 6.07 Å². The van der Waals surface area contributed by atoms with Crippen molar-refractivity contribution in [3.8, 4) is 11.8 Å². The number of phenolic OH excluding ortho intramolecular Hbond substituents is 1. The van der Waals surface area contributed by atoms with E-state index in [0.717, 1.165) is 31.7 Å². The molecule has 1 aliphatic carbocycles. The number of halogens is 2. The summed E-state index contributed by atoms with van der Waals surface area (Å²) in [6.07, 6.45) is 4.25. The summed E-state index contributed by atoms with van der Waals surface area (Å²) in [5, 5.41) is 18.5. The lowest BCUT2D eigenvalue weighted by atomic mass is 9.91. The van der Waals surface area contributed by atoms with E-state index in [-0.39, 0.29) is 29.9 Å². The van der Waals surface area contributed by atoms with Crippen molar-refractivity contribution in [3.05, 3.63) is 29.1 Å². The van der Waals surface area contributed by atoms with Gasteiger partial charge in [0.2, 0.25) is 0 Å². The molecule has 0 aliphatic heterocycles. The number of hydrogen-bond acceptors (Lipinski definition) is 3. The monoisotopic (exact) mass is 270 g/mol. The van der Waals surface area contributed by atoms with Crippen LogP contribution in [-0.2, 0) is 0 Å². The lowest BCUT2D eigenvalue weighted by Crippen LogP contribution is -2.19. The average Bonchev–Trinajstić information content (AvgIpc) is 2.85. The molecule has 1 saturated carbocycles. The Morgan fingerprint density at radius 2 is 2.00 bits per heavy atom. The van der Waals surface area contributed by atoms with Gasteiger partial charge in [0.05, 0.1) is 11.6 Å². The fraction of sp³-hybridized carbons (Fsp3) is 0.462. The normalized spacial score (nSPS) is 16.9. The van der Waals surface area contributed by atoms with E-state index >= 15 is 0 Å². The molecule has 3 N–H and O–H groups in total. The maximum absolute atomic E-state index is 13.4. The quantitative estimate of drug-likeness (QED) is 0.868. The molecule has 1 aromatic carbocycles. The van der Waals surface area contributed by atoms with E-state index in [1.54, 1.807) is 0 Å². The minimum Gasteiger partial charge on any atom is -0.505 e. The van der Waals surface area contributed by atoms with Crippen LogP contribution in [0.2, 0.25) is 0 Å². The Hall–Kier alpha value is -1.31. The van der Waals surface area contributed by atoms with Gasteiger partial charge in [-0.05, 0) is 30.9 Å². The van der Waals surface area contributed by atoms with Crippen LogP contribution in [0.5, 0.6) is 5.75 Å². The van der Waals surface area contributed by atoms with Gasteiger partial charge in [-0.25, -0.2) is 4.39 Å². The maximum Gasteiger partial charge on any atom is 0.166 e. The van der Waals surface area contributed by atoms with E-state index in [0.29, 0.717) is 5.56 Å². The summed E-state index contributed by atoms with van der Waals surface area (Å²) >= 11 is 0. The SMILES string of the molecule is Cl.N#Cc1cc(F)c(O)c([C@@H](N)C2CCCC2)c1. The minimum atomic E-state index is -0.771. The molecule has 98 valence electrons. The molecule has 5 heteroatoms. The van der Waals surface area contributed by atoms with Crippen LogP contribution >= 0.6 is 12.4 Å². The van der Waals surface area contributed by atoms with Crippen LogP contribution in [0, 0.1) is 23.1 Å². The van der Waals surface area contributed by atoms with Crippen molar-refractivity contribution in [2.75, 3.05) is 0 Å². The van der Waals surface area contributed by atoms with Gasteiger partial charge in [-0.15, -0.1) is 12.4 Å². The highest BCUT2D eigenvalue weighted by atomic mass is 35.5. The van der Waals surface area contributed by atoms with E-state index in [1.165, 1.54) is 6.07 Å². The van der Waals surface area contributed by atoms with Gasteiger partial charge in [-0.1, -0.05) is 12.8 Å². The number of aromatic hydroxyl groups is 1. The summed E-state index contributed by atoms with van der Waals surface area (Å²) in [4.78, 5) is 0. The lowest BCUT2D eigenvalue weighted by molar-refractivity contribution is 0.392. The van der Waals surface area contributed by atoms with Gasteiger partial charge in [-0.2, -0.15) is 5.26 Å². The van der Waals surface area contributed by atoms with Gasteiger partial charge in [0, 0.05) is 11.6 Å². The Morgan fingerprint density at radius 3 is 2.56 bits per heavy atom. The fourth-order valence-electron chi connectivity index (χ4n) is 2.51. The number of rotatable bonds is 2. The van der Waals surface area contributed by atoms with Crippen LogP contribution in [0.25, 0.3) is 0 Å². The Balaban J connectivity index is 0.00000162. The first-order chi connectivity index (χ1) is 8.13. The van der Waals surface area contributed by atoms with Crippen molar-refractivity contribution in [2.24, 2.45) is 11.7 Å².